The van der Waals surface area contributed by atoms with E-state index in [0.717, 1.165) is 37.4 Å². The molecule has 0 N–H and O–H groups in total. The fraction of sp³-hybridized carbons (Fsp3) is 0.419. The Bertz CT molecular complexity index is 1120. The number of piperidine rings is 1. The summed E-state index contributed by atoms with van der Waals surface area (Å²) < 4.78 is 11.4. The summed E-state index contributed by atoms with van der Waals surface area (Å²) in [7, 11) is 3.47. The van der Waals surface area contributed by atoms with E-state index in [2.05, 4.69) is 115 Å². The van der Waals surface area contributed by atoms with Crippen LogP contribution < -0.4 is 9.47 Å². The zero-order chi connectivity index (χ0) is 25.1. The van der Waals surface area contributed by atoms with Crippen LogP contribution in [0, 0.1) is 11.8 Å². The summed E-state index contributed by atoms with van der Waals surface area (Å²) in [5.41, 5.74) is 2.81. The minimum atomic E-state index is 0. The molecule has 0 spiro atoms. The van der Waals surface area contributed by atoms with Gasteiger partial charge in [0.1, 0.15) is 0 Å². The summed E-state index contributed by atoms with van der Waals surface area (Å²) in [6.07, 6.45) is 3.37. The van der Waals surface area contributed by atoms with Crippen molar-refractivity contribution in [2.24, 2.45) is 11.8 Å². The van der Waals surface area contributed by atoms with E-state index in [4.69, 9.17) is 9.47 Å². The van der Waals surface area contributed by atoms with Crippen molar-refractivity contribution < 1.29 is 9.47 Å². The fourth-order valence-corrected chi connectivity index (χ4v) is 9.15. The monoisotopic (exact) mass is 555 g/mol. The molecule has 198 valence electrons. The number of rotatable bonds is 8. The second-order valence-electron chi connectivity index (χ2n) is 10.3. The zero-order valence-corrected chi connectivity index (χ0v) is 24.6. The smallest absolute Gasteiger partial charge is 0.161 e. The maximum absolute atomic E-state index is 5.75. The van der Waals surface area contributed by atoms with E-state index in [-0.39, 0.29) is 16.5 Å². The highest BCUT2D eigenvalue weighted by Crippen LogP contribution is 2.60. The van der Waals surface area contributed by atoms with Gasteiger partial charge in [0.25, 0.3) is 0 Å². The topological polar surface area (TPSA) is 21.7 Å². The van der Waals surface area contributed by atoms with Gasteiger partial charge in [-0.3, -0.25) is 4.90 Å². The molecule has 5 rings (SSSR count). The summed E-state index contributed by atoms with van der Waals surface area (Å²) in [6, 6.07) is 26.8. The number of benzene rings is 3. The largest absolute Gasteiger partial charge is 0.493 e. The van der Waals surface area contributed by atoms with E-state index in [9.17, 15) is 0 Å². The van der Waals surface area contributed by atoms with Gasteiger partial charge in [-0.05, 0) is 78.6 Å². The van der Waals surface area contributed by atoms with Crippen molar-refractivity contribution in [3.63, 3.8) is 0 Å². The van der Waals surface area contributed by atoms with Gasteiger partial charge in [0.2, 0.25) is 0 Å². The van der Waals surface area contributed by atoms with Crippen LogP contribution in [0.4, 0.5) is 0 Å². The predicted octanol–water partition coefficient (Wildman–Crippen LogP) is 8.37. The summed E-state index contributed by atoms with van der Waals surface area (Å²) in [6.45, 7) is 6.97. The normalized spacial score (nSPS) is 20.5. The van der Waals surface area contributed by atoms with Crippen LogP contribution in [0.15, 0.2) is 82.6 Å². The predicted molar refractivity (Wildman–Crippen MR) is 160 cm³/mol. The molecule has 2 unspecified atom stereocenters. The molecule has 2 aliphatic heterocycles. The number of hydrogen-bond acceptors (Lipinski definition) is 5. The van der Waals surface area contributed by atoms with E-state index >= 15 is 0 Å². The van der Waals surface area contributed by atoms with E-state index in [1.165, 1.54) is 27.3 Å². The van der Waals surface area contributed by atoms with Gasteiger partial charge in [-0.15, -0.1) is 35.9 Å². The number of methoxy groups -OCH3 is 2. The van der Waals surface area contributed by atoms with Crippen LogP contribution in [-0.4, -0.2) is 36.3 Å². The minimum Gasteiger partial charge on any atom is -0.493 e. The molecule has 0 saturated carbocycles. The third-order valence-corrected chi connectivity index (χ3v) is 10.7. The van der Waals surface area contributed by atoms with Crippen molar-refractivity contribution in [2.75, 3.05) is 27.3 Å². The molecule has 0 aromatic heterocycles. The van der Waals surface area contributed by atoms with E-state index in [1.54, 1.807) is 14.2 Å². The van der Waals surface area contributed by atoms with Crippen molar-refractivity contribution in [1.29, 1.82) is 0 Å². The molecular weight excluding hydrogens is 518 g/mol. The first-order chi connectivity index (χ1) is 17.5. The Morgan fingerprint density at radius 1 is 0.892 bits per heavy atom. The SMILES string of the molecule is COc1cc2c(cc1OC)C1CC(Sc3ccccc3)(Sc3ccccc3)C(CC(C)C)CN1CC2.Cl. The highest BCUT2D eigenvalue weighted by molar-refractivity contribution is 8.18. The fourth-order valence-electron chi connectivity index (χ4n) is 5.87. The Labute approximate surface area is 237 Å². The number of halogens is 1. The number of thioether (sulfide) groups is 2. The lowest BCUT2D eigenvalue weighted by Crippen LogP contribution is -2.52. The standard InChI is InChI=1S/C31H37NO2S2.ClH/c1-22(2)17-24-21-32-16-15-23-18-29(33-3)30(34-4)19-27(23)28(32)20-31(24,35-25-11-7-5-8-12-25)36-26-13-9-6-10-14-26;/h5-14,18-19,22,24,28H,15-17,20-21H2,1-4H3;1H. The van der Waals surface area contributed by atoms with Gasteiger partial charge < -0.3 is 9.47 Å². The third kappa shape index (κ3) is 6.11. The van der Waals surface area contributed by atoms with Crippen LogP contribution in [0.1, 0.15) is 43.9 Å². The molecule has 6 heteroatoms. The summed E-state index contributed by atoms with van der Waals surface area (Å²) >= 11 is 4.17. The van der Waals surface area contributed by atoms with Crippen LogP contribution in [0.2, 0.25) is 0 Å². The van der Waals surface area contributed by atoms with Gasteiger partial charge in [0, 0.05) is 28.9 Å². The van der Waals surface area contributed by atoms with E-state index in [0.29, 0.717) is 17.9 Å². The molecule has 0 aliphatic carbocycles. The lowest BCUT2D eigenvalue weighted by Gasteiger charge is -2.53. The van der Waals surface area contributed by atoms with Crippen LogP contribution in [0.5, 0.6) is 11.5 Å². The Balaban J connectivity index is 0.00000320. The average molecular weight is 556 g/mol. The molecule has 0 amide bonds. The average Bonchev–Trinajstić information content (AvgIpc) is 2.89. The Morgan fingerprint density at radius 2 is 1.46 bits per heavy atom. The Hall–Kier alpha value is -1.79. The van der Waals surface area contributed by atoms with Gasteiger partial charge in [-0.2, -0.15) is 0 Å². The van der Waals surface area contributed by atoms with Crippen molar-refractivity contribution in [3.05, 3.63) is 83.9 Å². The minimum absolute atomic E-state index is 0. The molecular formula is C31H38ClNO2S2. The summed E-state index contributed by atoms with van der Waals surface area (Å²) in [5.74, 6) is 2.90. The number of fused-ring (bicyclic) bond motifs is 3. The summed E-state index contributed by atoms with van der Waals surface area (Å²) in [4.78, 5) is 5.45. The van der Waals surface area contributed by atoms with Gasteiger partial charge in [-0.25, -0.2) is 0 Å². The van der Waals surface area contributed by atoms with Crippen LogP contribution in [-0.2, 0) is 6.42 Å². The van der Waals surface area contributed by atoms with E-state index < -0.39 is 0 Å². The highest BCUT2D eigenvalue weighted by Gasteiger charge is 2.50. The van der Waals surface area contributed by atoms with Crippen molar-refractivity contribution in [3.8, 4) is 11.5 Å². The molecule has 2 atom stereocenters. The first-order valence-corrected chi connectivity index (χ1v) is 14.6. The zero-order valence-electron chi connectivity index (χ0n) is 22.2. The van der Waals surface area contributed by atoms with Crippen LogP contribution in [0.25, 0.3) is 0 Å². The Kier molecular flexibility index (Phi) is 9.44. The van der Waals surface area contributed by atoms with E-state index in [1.807, 2.05) is 0 Å². The molecule has 2 heterocycles. The highest BCUT2D eigenvalue weighted by atomic mass is 35.5. The quantitative estimate of drug-likeness (QED) is 0.259. The molecule has 3 aromatic rings. The lowest BCUT2D eigenvalue weighted by molar-refractivity contribution is 0.0860. The maximum atomic E-state index is 5.75. The third-order valence-electron chi connectivity index (χ3n) is 7.49. The van der Waals surface area contributed by atoms with Gasteiger partial charge >= 0.3 is 0 Å². The van der Waals surface area contributed by atoms with Gasteiger partial charge in [0.05, 0.1) is 18.3 Å². The van der Waals surface area contributed by atoms with Crippen molar-refractivity contribution in [2.45, 2.75) is 53.0 Å². The first-order valence-electron chi connectivity index (χ1n) is 13.0. The van der Waals surface area contributed by atoms with Crippen molar-refractivity contribution in [1.82, 2.24) is 4.90 Å². The Morgan fingerprint density at radius 3 is 2.00 bits per heavy atom. The number of nitrogens with zero attached hydrogens (tertiary/aromatic N) is 1. The van der Waals surface area contributed by atoms with Gasteiger partial charge in [-0.1, -0.05) is 50.2 Å². The number of hydrogen-bond donors (Lipinski definition) is 0. The first kappa shape index (κ1) is 28.2. The second-order valence-corrected chi connectivity index (χ2v) is 13.4. The van der Waals surface area contributed by atoms with Crippen LogP contribution >= 0.6 is 35.9 Å². The molecule has 1 saturated heterocycles. The number of ether oxygens (including phenoxy) is 2. The summed E-state index contributed by atoms with van der Waals surface area (Å²) in [5, 5.41) is 0. The molecule has 3 nitrogen and oxygen atoms in total. The molecule has 0 radical (unpaired) electrons. The molecule has 3 aromatic carbocycles. The molecule has 0 bridgehead atoms. The van der Waals surface area contributed by atoms with Crippen molar-refractivity contribution >= 4 is 35.9 Å². The van der Waals surface area contributed by atoms with Gasteiger partial charge in [0.15, 0.2) is 11.5 Å². The molecule has 37 heavy (non-hydrogen) atoms. The molecule has 1 fully saturated rings. The lowest BCUT2D eigenvalue weighted by atomic mass is 9.80. The second kappa shape index (κ2) is 12.4. The molecule has 2 aliphatic rings. The maximum Gasteiger partial charge on any atom is 0.161 e. The van der Waals surface area contributed by atoms with Crippen LogP contribution in [0.3, 0.4) is 0 Å².